The summed E-state index contributed by atoms with van der Waals surface area (Å²) in [6, 6.07) is 2.37. The van der Waals surface area contributed by atoms with E-state index >= 15 is 0 Å². The maximum absolute atomic E-state index is 13.9. The van der Waals surface area contributed by atoms with Crippen molar-refractivity contribution in [2.75, 3.05) is 5.73 Å². The number of nitrogens with zero attached hydrogens (tertiary/aromatic N) is 2. The Morgan fingerprint density at radius 1 is 1.29 bits per heavy atom. The Kier molecular flexibility index (Phi) is 3.83. The zero-order chi connectivity index (χ0) is 15.0. The van der Waals surface area contributed by atoms with Gasteiger partial charge in [-0.05, 0) is 25.2 Å². The summed E-state index contributed by atoms with van der Waals surface area (Å²) in [5, 5.41) is 0. The van der Waals surface area contributed by atoms with Crippen LogP contribution in [-0.4, -0.2) is 9.55 Å². The molecule has 1 atom stereocenters. The molecule has 2 aromatic rings. The second kappa shape index (κ2) is 5.62. The molecule has 114 valence electrons. The number of nitrogens with two attached hydrogens (primary N) is 1. The summed E-state index contributed by atoms with van der Waals surface area (Å²) in [7, 11) is 0. The number of anilines is 1. The summed E-state index contributed by atoms with van der Waals surface area (Å²) < 4.78 is 29.3. The number of fused-ring (bicyclic) bond motifs is 1. The highest BCUT2D eigenvalue weighted by Gasteiger charge is 2.27. The molecular weight excluding hydrogens is 272 g/mol. The minimum Gasteiger partial charge on any atom is -0.369 e. The summed E-state index contributed by atoms with van der Waals surface area (Å²) >= 11 is 0. The fraction of sp³-hybridized carbons (Fsp3) is 0.562. The smallest absolute Gasteiger partial charge is 0.201 e. The largest absolute Gasteiger partial charge is 0.369 e. The van der Waals surface area contributed by atoms with Crippen LogP contribution in [-0.2, 0) is 0 Å². The van der Waals surface area contributed by atoms with Crippen LogP contribution in [0.25, 0.3) is 11.0 Å². The van der Waals surface area contributed by atoms with Gasteiger partial charge >= 0.3 is 0 Å². The standard InChI is InChI=1S/C16H21F2N3/c1-2-13(10-6-4-3-5-7-10)21-14-9-11(17)8-12(18)15(14)20-16(21)19/h8-10,13H,2-7H2,1H3,(H2,19,20). The third-order valence-electron chi connectivity index (χ3n) is 4.68. The number of nitrogen functional groups attached to an aromatic ring is 1. The van der Waals surface area contributed by atoms with Gasteiger partial charge in [-0.1, -0.05) is 26.2 Å². The summed E-state index contributed by atoms with van der Waals surface area (Å²) in [5.74, 6) is -0.435. The molecule has 0 amide bonds. The van der Waals surface area contributed by atoms with Gasteiger partial charge in [0.25, 0.3) is 0 Å². The van der Waals surface area contributed by atoms with E-state index in [-0.39, 0.29) is 17.5 Å². The third kappa shape index (κ3) is 2.49. The van der Waals surface area contributed by atoms with E-state index in [1.54, 1.807) is 0 Å². The van der Waals surface area contributed by atoms with Crippen molar-refractivity contribution in [3.63, 3.8) is 0 Å². The Bertz CT molecular complexity index is 644. The van der Waals surface area contributed by atoms with Crippen LogP contribution in [0.4, 0.5) is 14.7 Å². The second-order valence-corrected chi connectivity index (χ2v) is 5.97. The van der Waals surface area contributed by atoms with Gasteiger partial charge in [0, 0.05) is 18.2 Å². The molecule has 1 aromatic carbocycles. The molecule has 1 fully saturated rings. The van der Waals surface area contributed by atoms with Gasteiger partial charge in [0.15, 0.2) is 5.82 Å². The molecule has 3 nitrogen and oxygen atoms in total. The number of rotatable bonds is 3. The zero-order valence-electron chi connectivity index (χ0n) is 12.3. The molecule has 1 aliphatic carbocycles. The van der Waals surface area contributed by atoms with Crippen LogP contribution in [0, 0.1) is 17.6 Å². The lowest BCUT2D eigenvalue weighted by molar-refractivity contribution is 0.249. The predicted molar refractivity (Wildman–Crippen MR) is 80.0 cm³/mol. The van der Waals surface area contributed by atoms with E-state index in [4.69, 9.17) is 5.73 Å². The fourth-order valence-electron chi connectivity index (χ4n) is 3.73. The Hall–Kier alpha value is -1.65. The van der Waals surface area contributed by atoms with Crippen LogP contribution in [0.3, 0.4) is 0 Å². The van der Waals surface area contributed by atoms with Crippen molar-refractivity contribution in [3.8, 4) is 0 Å². The molecule has 1 unspecified atom stereocenters. The maximum atomic E-state index is 13.9. The van der Waals surface area contributed by atoms with Crippen molar-refractivity contribution in [2.24, 2.45) is 5.92 Å². The molecule has 0 saturated heterocycles. The average molecular weight is 293 g/mol. The molecule has 5 heteroatoms. The van der Waals surface area contributed by atoms with Crippen LogP contribution in [0.2, 0.25) is 0 Å². The van der Waals surface area contributed by atoms with Crippen molar-refractivity contribution in [1.82, 2.24) is 9.55 Å². The van der Waals surface area contributed by atoms with Crippen LogP contribution >= 0.6 is 0 Å². The predicted octanol–water partition coefficient (Wildman–Crippen LogP) is 4.43. The van der Waals surface area contributed by atoms with Gasteiger partial charge in [-0.15, -0.1) is 0 Å². The number of hydrogen-bond acceptors (Lipinski definition) is 2. The van der Waals surface area contributed by atoms with E-state index in [0.29, 0.717) is 11.4 Å². The highest BCUT2D eigenvalue weighted by molar-refractivity contribution is 5.79. The summed E-state index contributed by atoms with van der Waals surface area (Å²) in [4.78, 5) is 4.12. The molecule has 0 bridgehead atoms. The van der Waals surface area contributed by atoms with Crippen LogP contribution in [0.5, 0.6) is 0 Å². The number of benzene rings is 1. The highest BCUT2D eigenvalue weighted by Crippen LogP contribution is 2.38. The number of imidazole rings is 1. The first-order chi connectivity index (χ1) is 10.1. The first-order valence-electron chi connectivity index (χ1n) is 7.74. The van der Waals surface area contributed by atoms with Gasteiger partial charge in [0.1, 0.15) is 11.3 Å². The van der Waals surface area contributed by atoms with Gasteiger partial charge in [0.05, 0.1) is 5.52 Å². The zero-order valence-corrected chi connectivity index (χ0v) is 12.3. The normalized spacial score (nSPS) is 18.2. The molecule has 0 aliphatic heterocycles. The molecule has 2 N–H and O–H groups in total. The first kappa shape index (κ1) is 14.3. The fourth-order valence-corrected chi connectivity index (χ4v) is 3.73. The number of aromatic nitrogens is 2. The Morgan fingerprint density at radius 2 is 2.00 bits per heavy atom. The van der Waals surface area contributed by atoms with Gasteiger partial charge < -0.3 is 10.3 Å². The van der Waals surface area contributed by atoms with Gasteiger partial charge in [-0.2, -0.15) is 0 Å². The molecule has 3 rings (SSSR count). The molecule has 1 aliphatic rings. The topological polar surface area (TPSA) is 43.8 Å². The SMILES string of the molecule is CCC(C1CCCCC1)n1c(N)nc2c(F)cc(F)cc21. The Labute approximate surface area is 123 Å². The van der Waals surface area contributed by atoms with Gasteiger partial charge in [-0.3, -0.25) is 0 Å². The average Bonchev–Trinajstić information content (AvgIpc) is 2.79. The van der Waals surface area contributed by atoms with Gasteiger partial charge in [-0.25, -0.2) is 13.8 Å². The molecular formula is C16H21F2N3. The van der Waals surface area contributed by atoms with E-state index in [1.165, 1.54) is 25.3 Å². The lowest BCUT2D eigenvalue weighted by Gasteiger charge is -2.31. The number of halogens is 2. The van der Waals surface area contributed by atoms with Crippen LogP contribution in [0.1, 0.15) is 51.5 Å². The maximum Gasteiger partial charge on any atom is 0.201 e. The van der Waals surface area contributed by atoms with Crippen molar-refractivity contribution in [2.45, 2.75) is 51.5 Å². The quantitative estimate of drug-likeness (QED) is 0.910. The van der Waals surface area contributed by atoms with Crippen molar-refractivity contribution >= 4 is 17.0 Å². The van der Waals surface area contributed by atoms with E-state index in [2.05, 4.69) is 11.9 Å². The van der Waals surface area contributed by atoms with Crippen molar-refractivity contribution in [3.05, 3.63) is 23.8 Å². The van der Waals surface area contributed by atoms with E-state index in [0.717, 1.165) is 25.3 Å². The summed E-state index contributed by atoms with van der Waals surface area (Å²) in [5.41, 5.74) is 6.66. The van der Waals surface area contributed by atoms with Crippen molar-refractivity contribution in [1.29, 1.82) is 0 Å². The molecule has 0 radical (unpaired) electrons. The summed E-state index contributed by atoms with van der Waals surface area (Å²) in [6.07, 6.45) is 6.90. The Morgan fingerprint density at radius 3 is 2.67 bits per heavy atom. The van der Waals surface area contributed by atoms with E-state index < -0.39 is 11.6 Å². The van der Waals surface area contributed by atoms with Crippen LogP contribution < -0.4 is 5.73 Å². The van der Waals surface area contributed by atoms with Crippen LogP contribution in [0.15, 0.2) is 12.1 Å². The third-order valence-corrected chi connectivity index (χ3v) is 4.68. The molecule has 21 heavy (non-hydrogen) atoms. The highest BCUT2D eigenvalue weighted by atomic mass is 19.1. The van der Waals surface area contributed by atoms with Gasteiger partial charge in [0.2, 0.25) is 5.95 Å². The van der Waals surface area contributed by atoms with Crippen molar-refractivity contribution < 1.29 is 8.78 Å². The number of hydrogen-bond donors (Lipinski definition) is 1. The lowest BCUT2D eigenvalue weighted by Crippen LogP contribution is -2.22. The molecule has 1 heterocycles. The van der Waals surface area contributed by atoms with E-state index in [9.17, 15) is 8.78 Å². The molecule has 0 spiro atoms. The molecule has 1 saturated carbocycles. The Balaban J connectivity index is 2.10. The van der Waals surface area contributed by atoms with E-state index in [1.807, 2.05) is 4.57 Å². The first-order valence-corrected chi connectivity index (χ1v) is 7.74. The summed E-state index contributed by atoms with van der Waals surface area (Å²) in [6.45, 7) is 2.10. The minimum absolute atomic E-state index is 0.163. The lowest BCUT2D eigenvalue weighted by atomic mass is 9.82. The second-order valence-electron chi connectivity index (χ2n) is 5.97. The monoisotopic (exact) mass is 293 g/mol. The minimum atomic E-state index is -0.644. The molecule has 1 aromatic heterocycles.